The zero-order chi connectivity index (χ0) is 13.9. The van der Waals surface area contributed by atoms with Gasteiger partial charge in [-0.3, -0.25) is 4.99 Å². The van der Waals surface area contributed by atoms with Crippen molar-refractivity contribution in [1.82, 2.24) is 10.2 Å². The summed E-state index contributed by atoms with van der Waals surface area (Å²) >= 11 is 0. The lowest BCUT2D eigenvalue weighted by molar-refractivity contribution is -0.148. The summed E-state index contributed by atoms with van der Waals surface area (Å²) in [5, 5.41) is 2.79. The van der Waals surface area contributed by atoms with E-state index >= 15 is 0 Å². The predicted molar refractivity (Wildman–Crippen MR) is 83.6 cm³/mol. The quantitative estimate of drug-likeness (QED) is 0.792. The number of alkyl halides is 3. The SMILES string of the molecule is CN1CCN=C1NCC(c1ccccc1)C(F)(F)F.I. The zero-order valence-corrected chi connectivity index (χ0v) is 13.4. The van der Waals surface area contributed by atoms with Gasteiger partial charge in [-0.2, -0.15) is 13.2 Å². The molecule has 0 bridgehead atoms. The normalized spacial score (nSPS) is 16.4. The Bertz CT molecular complexity index is 448. The van der Waals surface area contributed by atoms with E-state index < -0.39 is 12.1 Å². The van der Waals surface area contributed by atoms with Crippen molar-refractivity contribution in [2.75, 3.05) is 26.7 Å². The Balaban J connectivity index is 0.00000200. The van der Waals surface area contributed by atoms with Crippen molar-refractivity contribution in [2.45, 2.75) is 12.1 Å². The number of guanidine groups is 1. The molecule has 0 fully saturated rings. The number of halogens is 4. The van der Waals surface area contributed by atoms with E-state index in [1.807, 2.05) is 11.9 Å². The van der Waals surface area contributed by atoms with Crippen LogP contribution in [0.25, 0.3) is 0 Å². The van der Waals surface area contributed by atoms with Crippen molar-refractivity contribution < 1.29 is 13.2 Å². The fourth-order valence-electron chi connectivity index (χ4n) is 2.02. The topological polar surface area (TPSA) is 27.6 Å². The standard InChI is InChI=1S/C13H16F3N3.HI/c1-19-8-7-17-12(19)18-9-11(13(14,15)16)10-5-3-2-4-6-10;/h2-6,11H,7-9H2,1H3,(H,17,18);1H. The summed E-state index contributed by atoms with van der Waals surface area (Å²) in [6, 6.07) is 7.94. The average molecular weight is 399 g/mol. The van der Waals surface area contributed by atoms with Gasteiger partial charge in [-0.25, -0.2) is 0 Å². The third-order valence-corrected chi connectivity index (χ3v) is 3.12. The number of hydrogen-bond donors (Lipinski definition) is 1. The van der Waals surface area contributed by atoms with E-state index in [2.05, 4.69) is 10.3 Å². The number of aliphatic imine (C=N–C) groups is 1. The molecule has 1 aromatic rings. The third kappa shape index (κ3) is 4.26. The molecule has 1 atom stereocenters. The Morgan fingerprint density at radius 2 is 1.95 bits per heavy atom. The number of rotatable bonds is 3. The first-order valence-corrected chi connectivity index (χ1v) is 6.09. The summed E-state index contributed by atoms with van der Waals surface area (Å²) < 4.78 is 39.3. The highest BCUT2D eigenvalue weighted by molar-refractivity contribution is 14.0. The van der Waals surface area contributed by atoms with Gasteiger partial charge in [-0.1, -0.05) is 30.3 Å². The van der Waals surface area contributed by atoms with Gasteiger partial charge in [0.15, 0.2) is 5.96 Å². The molecule has 1 N–H and O–H groups in total. The van der Waals surface area contributed by atoms with Crippen LogP contribution in [-0.4, -0.2) is 43.7 Å². The second-order valence-electron chi connectivity index (χ2n) is 4.51. The largest absolute Gasteiger partial charge is 0.397 e. The molecule has 1 aromatic carbocycles. The molecule has 1 aliphatic heterocycles. The maximum absolute atomic E-state index is 13.1. The first-order chi connectivity index (χ1) is 8.98. The maximum atomic E-state index is 13.1. The van der Waals surface area contributed by atoms with E-state index in [4.69, 9.17) is 0 Å². The molecule has 0 radical (unpaired) electrons. The van der Waals surface area contributed by atoms with Crippen molar-refractivity contribution in [1.29, 1.82) is 0 Å². The van der Waals surface area contributed by atoms with Gasteiger partial charge in [0.2, 0.25) is 0 Å². The fourth-order valence-corrected chi connectivity index (χ4v) is 2.02. The number of nitrogens with zero attached hydrogens (tertiary/aromatic N) is 2. The molecule has 0 aromatic heterocycles. The Kier molecular flexibility index (Phi) is 6.09. The molecule has 7 heteroatoms. The van der Waals surface area contributed by atoms with Gasteiger partial charge in [0.25, 0.3) is 0 Å². The number of nitrogens with one attached hydrogen (secondary N) is 1. The van der Waals surface area contributed by atoms with E-state index in [0.717, 1.165) is 6.54 Å². The molecule has 0 saturated heterocycles. The lowest BCUT2D eigenvalue weighted by atomic mass is 9.98. The Hall–Kier alpha value is -0.990. The second kappa shape index (κ2) is 7.14. The number of hydrogen-bond acceptors (Lipinski definition) is 3. The van der Waals surface area contributed by atoms with Crippen molar-refractivity contribution in [2.24, 2.45) is 4.99 Å². The van der Waals surface area contributed by atoms with E-state index in [1.54, 1.807) is 18.2 Å². The monoisotopic (exact) mass is 399 g/mol. The third-order valence-electron chi connectivity index (χ3n) is 3.12. The summed E-state index contributed by atoms with van der Waals surface area (Å²) in [4.78, 5) is 5.95. The molecule has 2 rings (SSSR count). The number of benzene rings is 1. The summed E-state index contributed by atoms with van der Waals surface area (Å²) in [5.74, 6) is -0.990. The van der Waals surface area contributed by atoms with E-state index in [1.165, 1.54) is 12.1 Å². The minimum Gasteiger partial charge on any atom is -0.355 e. The van der Waals surface area contributed by atoms with Crippen LogP contribution >= 0.6 is 24.0 Å². The van der Waals surface area contributed by atoms with Crippen LogP contribution in [0.3, 0.4) is 0 Å². The number of likely N-dealkylation sites (N-methyl/N-ethyl adjacent to an activating group) is 1. The minimum atomic E-state index is -4.27. The van der Waals surface area contributed by atoms with Crippen molar-refractivity contribution >= 4 is 29.9 Å². The van der Waals surface area contributed by atoms with Crippen molar-refractivity contribution in [3.05, 3.63) is 35.9 Å². The van der Waals surface area contributed by atoms with Gasteiger partial charge < -0.3 is 10.2 Å². The van der Waals surface area contributed by atoms with Crippen LogP contribution in [0, 0.1) is 0 Å². The Morgan fingerprint density at radius 3 is 2.45 bits per heavy atom. The molecule has 1 unspecified atom stereocenters. The highest BCUT2D eigenvalue weighted by Crippen LogP contribution is 2.34. The smallest absolute Gasteiger partial charge is 0.355 e. The summed E-state index contributed by atoms with van der Waals surface area (Å²) in [5.41, 5.74) is 0.267. The van der Waals surface area contributed by atoms with Gasteiger partial charge in [0, 0.05) is 20.1 Å². The minimum absolute atomic E-state index is 0. The molecule has 20 heavy (non-hydrogen) atoms. The lowest BCUT2D eigenvalue weighted by Gasteiger charge is -2.23. The molecular weight excluding hydrogens is 382 g/mol. The van der Waals surface area contributed by atoms with Crippen LogP contribution in [0.15, 0.2) is 35.3 Å². The Labute approximate surface area is 133 Å². The fraction of sp³-hybridized carbons (Fsp3) is 0.462. The van der Waals surface area contributed by atoms with Crippen LogP contribution in [0.5, 0.6) is 0 Å². The van der Waals surface area contributed by atoms with Gasteiger partial charge in [-0.15, -0.1) is 24.0 Å². The van der Waals surface area contributed by atoms with E-state index in [0.29, 0.717) is 12.5 Å². The molecule has 1 aliphatic rings. The molecular formula is C13H17F3IN3. The molecule has 1 heterocycles. The second-order valence-corrected chi connectivity index (χ2v) is 4.51. The van der Waals surface area contributed by atoms with Crippen LogP contribution in [0.1, 0.15) is 11.5 Å². The predicted octanol–water partition coefficient (Wildman–Crippen LogP) is 2.84. The first kappa shape index (κ1) is 17.1. The van der Waals surface area contributed by atoms with Gasteiger partial charge >= 0.3 is 6.18 Å². The molecule has 0 spiro atoms. The molecule has 0 saturated carbocycles. The van der Waals surface area contributed by atoms with Gasteiger partial charge in [0.05, 0.1) is 12.5 Å². The summed E-state index contributed by atoms with van der Waals surface area (Å²) in [7, 11) is 1.81. The molecule has 3 nitrogen and oxygen atoms in total. The lowest BCUT2D eigenvalue weighted by Crippen LogP contribution is -2.40. The molecule has 0 aliphatic carbocycles. The molecule has 112 valence electrons. The van der Waals surface area contributed by atoms with Crippen LogP contribution in [0.4, 0.5) is 13.2 Å². The van der Waals surface area contributed by atoms with Crippen molar-refractivity contribution in [3.63, 3.8) is 0 Å². The maximum Gasteiger partial charge on any atom is 0.397 e. The van der Waals surface area contributed by atoms with E-state index in [-0.39, 0.29) is 36.1 Å². The van der Waals surface area contributed by atoms with Gasteiger partial charge in [0.1, 0.15) is 0 Å². The first-order valence-electron chi connectivity index (χ1n) is 6.09. The van der Waals surface area contributed by atoms with E-state index in [9.17, 15) is 13.2 Å². The van der Waals surface area contributed by atoms with Crippen molar-refractivity contribution in [3.8, 4) is 0 Å². The molecule has 0 amide bonds. The zero-order valence-electron chi connectivity index (χ0n) is 11.0. The van der Waals surface area contributed by atoms with Crippen LogP contribution in [0.2, 0.25) is 0 Å². The highest BCUT2D eigenvalue weighted by atomic mass is 127. The van der Waals surface area contributed by atoms with Gasteiger partial charge in [-0.05, 0) is 5.56 Å². The summed E-state index contributed by atoms with van der Waals surface area (Å²) in [6.45, 7) is 1.17. The highest BCUT2D eigenvalue weighted by Gasteiger charge is 2.40. The average Bonchev–Trinajstić information content (AvgIpc) is 2.75. The summed E-state index contributed by atoms with van der Waals surface area (Å²) in [6.07, 6.45) is -4.27. The van der Waals surface area contributed by atoms with Crippen LogP contribution < -0.4 is 5.32 Å². The van der Waals surface area contributed by atoms with Crippen LogP contribution in [-0.2, 0) is 0 Å². The Morgan fingerprint density at radius 1 is 1.30 bits per heavy atom.